The highest BCUT2D eigenvalue weighted by atomic mass is 35.5. The van der Waals surface area contributed by atoms with E-state index in [1.807, 2.05) is 4.90 Å². The number of rotatable bonds is 7. The molecule has 0 spiro atoms. The Bertz CT molecular complexity index is 835. The van der Waals surface area contributed by atoms with Crippen molar-refractivity contribution in [3.05, 3.63) is 40.7 Å². The van der Waals surface area contributed by atoms with Crippen LogP contribution >= 0.6 is 11.6 Å². The number of amides is 2. The van der Waals surface area contributed by atoms with Crippen molar-refractivity contribution in [2.45, 2.75) is 51.2 Å². The summed E-state index contributed by atoms with van der Waals surface area (Å²) >= 11 is 5.78. The predicted molar refractivity (Wildman–Crippen MR) is 124 cm³/mol. The molecule has 1 aromatic carbocycles. The molecule has 2 amide bonds. The molecule has 2 fully saturated rings. The van der Waals surface area contributed by atoms with Crippen LogP contribution in [0.3, 0.4) is 0 Å². The highest BCUT2D eigenvalue weighted by Gasteiger charge is 2.26. The maximum atomic E-state index is 13.3. The van der Waals surface area contributed by atoms with Crippen LogP contribution in [0.1, 0.15) is 44.6 Å². The summed E-state index contributed by atoms with van der Waals surface area (Å²) in [7, 11) is 0. The van der Waals surface area contributed by atoms with Gasteiger partial charge in [-0.3, -0.25) is 14.5 Å². The molecule has 2 saturated heterocycles. The lowest BCUT2D eigenvalue weighted by molar-refractivity contribution is -0.130. The van der Waals surface area contributed by atoms with Gasteiger partial charge in [-0.2, -0.15) is 0 Å². The summed E-state index contributed by atoms with van der Waals surface area (Å²) in [5, 5.41) is 10.0. The van der Waals surface area contributed by atoms with E-state index in [1.165, 1.54) is 18.2 Å². The van der Waals surface area contributed by atoms with Gasteiger partial charge < -0.3 is 14.9 Å². The molecule has 0 aliphatic carbocycles. The van der Waals surface area contributed by atoms with Crippen LogP contribution in [0.25, 0.3) is 6.08 Å². The first kappa shape index (κ1) is 24.7. The van der Waals surface area contributed by atoms with Crippen LogP contribution in [0, 0.1) is 5.82 Å². The van der Waals surface area contributed by atoms with Gasteiger partial charge in [-0.15, -0.1) is 0 Å². The molecule has 1 N–H and O–H groups in total. The van der Waals surface area contributed by atoms with Crippen LogP contribution < -0.4 is 0 Å². The topological polar surface area (TPSA) is 64.1 Å². The normalized spacial score (nSPS) is 23.1. The van der Waals surface area contributed by atoms with Gasteiger partial charge in [0.05, 0.1) is 11.1 Å². The van der Waals surface area contributed by atoms with Gasteiger partial charge in [0.2, 0.25) is 11.8 Å². The number of unbranched alkanes of at least 4 members (excludes halogenated alkanes) is 1. The Morgan fingerprint density at radius 3 is 2.78 bits per heavy atom. The average molecular weight is 466 g/mol. The van der Waals surface area contributed by atoms with Crippen molar-refractivity contribution < 1.29 is 19.1 Å². The van der Waals surface area contributed by atoms with E-state index < -0.39 is 5.82 Å². The Morgan fingerprint density at radius 1 is 1.22 bits per heavy atom. The van der Waals surface area contributed by atoms with Gasteiger partial charge in [0.25, 0.3) is 0 Å². The SMILES string of the molecule is C[C@@H]1[C@@H](O)CCCN1CCCCN1CCN(C(=O)/C=C/c2ccc(F)c(Cl)c2)CCC1=O. The zero-order valence-electron chi connectivity index (χ0n) is 18.7. The lowest BCUT2D eigenvalue weighted by Gasteiger charge is -2.37. The third-order valence-electron chi connectivity index (χ3n) is 6.46. The molecule has 176 valence electrons. The van der Waals surface area contributed by atoms with Crippen LogP contribution in [0.15, 0.2) is 24.3 Å². The van der Waals surface area contributed by atoms with Crippen LogP contribution in [0.5, 0.6) is 0 Å². The van der Waals surface area contributed by atoms with Gasteiger partial charge in [-0.1, -0.05) is 17.7 Å². The molecule has 2 aliphatic rings. The number of hydrogen-bond acceptors (Lipinski definition) is 4. The molecule has 0 bridgehead atoms. The van der Waals surface area contributed by atoms with Gasteiger partial charge in [0.1, 0.15) is 5.82 Å². The monoisotopic (exact) mass is 465 g/mol. The molecule has 6 nitrogen and oxygen atoms in total. The summed E-state index contributed by atoms with van der Waals surface area (Å²) in [6.45, 7) is 6.14. The van der Waals surface area contributed by atoms with Crippen LogP contribution in [0.4, 0.5) is 4.39 Å². The van der Waals surface area contributed by atoms with Crippen molar-refractivity contribution in [2.75, 3.05) is 39.3 Å². The molecular formula is C24H33ClFN3O3. The van der Waals surface area contributed by atoms with Gasteiger partial charge in [-0.25, -0.2) is 4.39 Å². The number of aliphatic hydroxyl groups is 1. The molecule has 2 atom stereocenters. The Labute approximate surface area is 194 Å². The summed E-state index contributed by atoms with van der Waals surface area (Å²) in [6, 6.07) is 4.49. The fourth-order valence-electron chi connectivity index (χ4n) is 4.34. The summed E-state index contributed by atoms with van der Waals surface area (Å²) in [6.07, 6.45) is 6.92. The zero-order valence-corrected chi connectivity index (χ0v) is 19.4. The van der Waals surface area contributed by atoms with Gasteiger partial charge >= 0.3 is 0 Å². The van der Waals surface area contributed by atoms with E-state index >= 15 is 0 Å². The first-order chi connectivity index (χ1) is 15.3. The molecule has 0 saturated carbocycles. The number of benzene rings is 1. The largest absolute Gasteiger partial charge is 0.392 e. The first-order valence-electron chi connectivity index (χ1n) is 11.5. The third kappa shape index (κ3) is 6.77. The Kier molecular flexibility index (Phi) is 9.08. The smallest absolute Gasteiger partial charge is 0.246 e. The van der Waals surface area contributed by atoms with E-state index in [9.17, 15) is 19.1 Å². The summed E-state index contributed by atoms with van der Waals surface area (Å²) in [5.74, 6) is -0.585. The molecule has 1 aromatic rings. The van der Waals surface area contributed by atoms with Crippen molar-refractivity contribution in [3.8, 4) is 0 Å². The number of hydrogen-bond donors (Lipinski definition) is 1. The zero-order chi connectivity index (χ0) is 23.1. The second-order valence-corrected chi connectivity index (χ2v) is 9.06. The summed E-state index contributed by atoms with van der Waals surface area (Å²) in [4.78, 5) is 30.9. The van der Waals surface area contributed by atoms with Gasteiger partial charge in [0.15, 0.2) is 0 Å². The third-order valence-corrected chi connectivity index (χ3v) is 6.75. The Morgan fingerprint density at radius 2 is 2.00 bits per heavy atom. The Hall–Kier alpha value is -1.96. The maximum absolute atomic E-state index is 13.3. The van der Waals surface area contributed by atoms with Crippen molar-refractivity contribution in [3.63, 3.8) is 0 Å². The summed E-state index contributed by atoms with van der Waals surface area (Å²) in [5.41, 5.74) is 0.646. The van der Waals surface area contributed by atoms with Crippen LogP contribution in [0.2, 0.25) is 5.02 Å². The maximum Gasteiger partial charge on any atom is 0.246 e. The van der Waals surface area contributed by atoms with Crippen molar-refractivity contribution >= 4 is 29.5 Å². The van der Waals surface area contributed by atoms with Gasteiger partial charge in [0, 0.05) is 44.7 Å². The number of likely N-dealkylation sites (tertiary alicyclic amines) is 1. The molecule has 32 heavy (non-hydrogen) atoms. The first-order valence-corrected chi connectivity index (χ1v) is 11.8. The Balaban J connectivity index is 1.43. The highest BCUT2D eigenvalue weighted by molar-refractivity contribution is 6.30. The fourth-order valence-corrected chi connectivity index (χ4v) is 4.53. The number of piperidine rings is 1. The van der Waals surface area contributed by atoms with E-state index in [-0.39, 0.29) is 29.0 Å². The molecule has 3 rings (SSSR count). The minimum atomic E-state index is -0.496. The number of nitrogens with zero attached hydrogens (tertiary/aromatic N) is 3. The minimum absolute atomic E-state index is 0.0153. The standard InChI is InChI=1S/C24H33ClFN3O3/c1-18-22(30)5-4-13-27(18)11-2-3-12-28-15-16-29(14-10-24(28)32)23(31)9-7-19-6-8-21(26)20(25)17-19/h6-9,17-18,22,30H,2-5,10-16H2,1H3/b9-7+/t18-,22+/m1/s1. The number of carbonyl (C=O) groups is 2. The van der Waals surface area contributed by atoms with Crippen molar-refractivity contribution in [1.82, 2.24) is 14.7 Å². The van der Waals surface area contributed by atoms with E-state index in [0.29, 0.717) is 38.2 Å². The number of carbonyl (C=O) groups excluding carboxylic acids is 2. The fraction of sp³-hybridized carbons (Fsp3) is 0.583. The predicted octanol–water partition coefficient (Wildman–Crippen LogP) is 3.18. The van der Waals surface area contributed by atoms with E-state index in [1.54, 1.807) is 17.0 Å². The second-order valence-electron chi connectivity index (χ2n) is 8.66. The lowest BCUT2D eigenvalue weighted by Crippen LogP contribution is -2.46. The van der Waals surface area contributed by atoms with Gasteiger partial charge in [-0.05, 0) is 69.5 Å². The van der Waals surface area contributed by atoms with Crippen LogP contribution in [-0.2, 0) is 9.59 Å². The molecule has 8 heteroatoms. The minimum Gasteiger partial charge on any atom is -0.392 e. The average Bonchev–Trinajstić information content (AvgIpc) is 2.96. The van der Waals surface area contributed by atoms with Crippen LogP contribution in [-0.4, -0.2) is 83.0 Å². The molecule has 2 aliphatic heterocycles. The quantitative estimate of drug-likeness (QED) is 0.496. The van der Waals surface area contributed by atoms with E-state index in [4.69, 9.17) is 11.6 Å². The molecule has 0 radical (unpaired) electrons. The number of aliphatic hydroxyl groups excluding tert-OH is 1. The molecule has 2 heterocycles. The highest BCUT2D eigenvalue weighted by Crippen LogP contribution is 2.19. The second kappa shape index (κ2) is 11.8. The molecule has 0 aromatic heterocycles. The molecular weight excluding hydrogens is 433 g/mol. The number of halogens is 2. The van der Waals surface area contributed by atoms with Crippen molar-refractivity contribution in [1.29, 1.82) is 0 Å². The molecule has 0 unspecified atom stereocenters. The van der Waals surface area contributed by atoms with E-state index in [2.05, 4.69) is 11.8 Å². The lowest BCUT2D eigenvalue weighted by atomic mass is 10.00. The van der Waals surface area contributed by atoms with E-state index in [0.717, 1.165) is 38.8 Å². The summed E-state index contributed by atoms with van der Waals surface area (Å²) < 4.78 is 13.3. The van der Waals surface area contributed by atoms with Crippen molar-refractivity contribution in [2.24, 2.45) is 0 Å².